The second-order valence-electron chi connectivity index (χ2n) is 5.84. The molecule has 0 radical (unpaired) electrons. The van der Waals surface area contributed by atoms with E-state index in [0.717, 1.165) is 5.56 Å². The number of carbonyl (C=O) groups is 2. The fourth-order valence-electron chi connectivity index (χ4n) is 2.60. The van der Waals surface area contributed by atoms with E-state index in [1.807, 2.05) is 12.1 Å². The number of benzene rings is 2. The van der Waals surface area contributed by atoms with Crippen molar-refractivity contribution in [3.8, 4) is 17.2 Å². The van der Waals surface area contributed by atoms with E-state index in [0.29, 0.717) is 41.5 Å². The molecular weight excluding hydrogens is 348 g/mol. The summed E-state index contributed by atoms with van der Waals surface area (Å²) < 4.78 is 15.9. The SMILES string of the molecule is COc1cc(CCC(=O)Nc2ccc(NC(C)=O)cc2)cc(OC)c1OC. The molecule has 2 aromatic carbocycles. The molecule has 0 aliphatic heterocycles. The fraction of sp³-hybridized carbons (Fsp3) is 0.300. The first-order valence-electron chi connectivity index (χ1n) is 8.43. The fourth-order valence-corrected chi connectivity index (χ4v) is 2.60. The monoisotopic (exact) mass is 372 g/mol. The maximum atomic E-state index is 12.2. The molecule has 7 heteroatoms. The molecule has 0 aliphatic carbocycles. The smallest absolute Gasteiger partial charge is 0.224 e. The van der Waals surface area contributed by atoms with Crippen LogP contribution in [0.15, 0.2) is 36.4 Å². The molecule has 0 heterocycles. The van der Waals surface area contributed by atoms with Crippen LogP contribution in [0.25, 0.3) is 0 Å². The minimum Gasteiger partial charge on any atom is -0.493 e. The van der Waals surface area contributed by atoms with Gasteiger partial charge >= 0.3 is 0 Å². The number of hydrogen-bond acceptors (Lipinski definition) is 5. The first-order valence-corrected chi connectivity index (χ1v) is 8.43. The van der Waals surface area contributed by atoms with Gasteiger partial charge in [0, 0.05) is 24.7 Å². The number of aryl methyl sites for hydroxylation is 1. The number of carbonyl (C=O) groups excluding carboxylic acids is 2. The molecule has 0 aliphatic rings. The molecule has 7 nitrogen and oxygen atoms in total. The lowest BCUT2D eigenvalue weighted by molar-refractivity contribution is -0.116. The molecular formula is C20H24N2O5. The van der Waals surface area contributed by atoms with Gasteiger partial charge in [-0.1, -0.05) is 0 Å². The van der Waals surface area contributed by atoms with Crippen molar-refractivity contribution in [1.29, 1.82) is 0 Å². The minimum absolute atomic E-state index is 0.115. The first-order chi connectivity index (χ1) is 13.0. The third kappa shape index (κ3) is 5.64. The van der Waals surface area contributed by atoms with E-state index in [2.05, 4.69) is 10.6 Å². The van der Waals surface area contributed by atoms with Crippen molar-refractivity contribution in [3.05, 3.63) is 42.0 Å². The molecule has 144 valence electrons. The number of nitrogens with one attached hydrogen (secondary N) is 2. The van der Waals surface area contributed by atoms with Crippen LogP contribution in [0.5, 0.6) is 17.2 Å². The maximum absolute atomic E-state index is 12.2. The van der Waals surface area contributed by atoms with Crippen LogP contribution in [0, 0.1) is 0 Å². The normalized spacial score (nSPS) is 10.1. The van der Waals surface area contributed by atoms with Crippen molar-refractivity contribution in [2.24, 2.45) is 0 Å². The third-order valence-corrected chi connectivity index (χ3v) is 3.85. The molecule has 0 spiro atoms. The van der Waals surface area contributed by atoms with Crippen LogP contribution in [0.4, 0.5) is 11.4 Å². The number of rotatable bonds is 8. The van der Waals surface area contributed by atoms with Crippen molar-refractivity contribution >= 4 is 23.2 Å². The molecule has 0 fully saturated rings. The predicted molar refractivity (Wildman–Crippen MR) is 104 cm³/mol. The van der Waals surface area contributed by atoms with Crippen LogP contribution in [-0.2, 0) is 16.0 Å². The van der Waals surface area contributed by atoms with E-state index in [4.69, 9.17) is 14.2 Å². The van der Waals surface area contributed by atoms with E-state index >= 15 is 0 Å². The molecule has 0 atom stereocenters. The largest absolute Gasteiger partial charge is 0.493 e. The van der Waals surface area contributed by atoms with Crippen molar-refractivity contribution in [2.45, 2.75) is 19.8 Å². The Bertz CT molecular complexity index is 778. The lowest BCUT2D eigenvalue weighted by Gasteiger charge is -2.14. The molecule has 0 saturated carbocycles. The zero-order chi connectivity index (χ0) is 19.8. The minimum atomic E-state index is -0.142. The highest BCUT2D eigenvalue weighted by Gasteiger charge is 2.14. The van der Waals surface area contributed by atoms with Gasteiger partial charge in [-0.05, 0) is 48.4 Å². The summed E-state index contributed by atoms with van der Waals surface area (Å²) in [5.74, 6) is 1.38. The van der Waals surface area contributed by atoms with Crippen LogP contribution in [0.3, 0.4) is 0 Å². The van der Waals surface area contributed by atoms with Gasteiger partial charge in [-0.2, -0.15) is 0 Å². The Balaban J connectivity index is 1.98. The van der Waals surface area contributed by atoms with E-state index < -0.39 is 0 Å². The second-order valence-corrected chi connectivity index (χ2v) is 5.84. The molecule has 2 N–H and O–H groups in total. The predicted octanol–water partition coefficient (Wildman–Crippen LogP) is 3.24. The summed E-state index contributed by atoms with van der Waals surface area (Å²) in [6, 6.07) is 10.6. The lowest BCUT2D eigenvalue weighted by atomic mass is 10.1. The Morgan fingerprint density at radius 2 is 1.37 bits per heavy atom. The highest BCUT2D eigenvalue weighted by Crippen LogP contribution is 2.38. The molecule has 2 aromatic rings. The zero-order valence-corrected chi connectivity index (χ0v) is 15.9. The molecule has 0 unspecified atom stereocenters. The summed E-state index contributed by atoms with van der Waals surface area (Å²) in [7, 11) is 4.65. The highest BCUT2D eigenvalue weighted by atomic mass is 16.5. The average molecular weight is 372 g/mol. The van der Waals surface area contributed by atoms with E-state index in [9.17, 15) is 9.59 Å². The summed E-state index contributed by atoms with van der Waals surface area (Å²) in [6.07, 6.45) is 0.818. The Morgan fingerprint density at radius 3 is 1.81 bits per heavy atom. The maximum Gasteiger partial charge on any atom is 0.224 e. The van der Waals surface area contributed by atoms with Gasteiger partial charge in [-0.25, -0.2) is 0 Å². The summed E-state index contributed by atoms with van der Waals surface area (Å²) in [5, 5.41) is 5.51. The Morgan fingerprint density at radius 1 is 0.852 bits per heavy atom. The summed E-state index contributed by atoms with van der Waals surface area (Å²) in [4.78, 5) is 23.2. The van der Waals surface area contributed by atoms with Crippen LogP contribution in [0.2, 0.25) is 0 Å². The third-order valence-electron chi connectivity index (χ3n) is 3.85. The quantitative estimate of drug-likeness (QED) is 0.743. The van der Waals surface area contributed by atoms with Crippen LogP contribution in [-0.4, -0.2) is 33.1 Å². The number of ether oxygens (including phenoxy) is 3. The van der Waals surface area contributed by atoms with Crippen molar-refractivity contribution in [2.75, 3.05) is 32.0 Å². The van der Waals surface area contributed by atoms with Crippen LogP contribution < -0.4 is 24.8 Å². The van der Waals surface area contributed by atoms with Crippen molar-refractivity contribution in [3.63, 3.8) is 0 Å². The Kier molecular flexibility index (Phi) is 7.05. The summed E-state index contributed by atoms with van der Waals surface area (Å²) in [6.45, 7) is 1.44. The second kappa shape index (κ2) is 9.47. The highest BCUT2D eigenvalue weighted by molar-refractivity contribution is 5.92. The van der Waals surface area contributed by atoms with Gasteiger partial charge in [0.15, 0.2) is 11.5 Å². The number of amides is 2. The Labute approximate surface area is 158 Å². The Hall–Kier alpha value is -3.22. The molecule has 0 saturated heterocycles. The van der Waals surface area contributed by atoms with Crippen LogP contribution >= 0.6 is 0 Å². The van der Waals surface area contributed by atoms with Gasteiger partial charge in [0.2, 0.25) is 17.6 Å². The van der Waals surface area contributed by atoms with Crippen LogP contribution in [0.1, 0.15) is 18.9 Å². The number of hydrogen-bond donors (Lipinski definition) is 2. The van der Waals surface area contributed by atoms with E-state index in [1.165, 1.54) is 6.92 Å². The zero-order valence-electron chi connectivity index (χ0n) is 15.9. The first kappa shape index (κ1) is 20.1. The van der Waals surface area contributed by atoms with Gasteiger partial charge in [0.05, 0.1) is 21.3 Å². The lowest BCUT2D eigenvalue weighted by Crippen LogP contribution is -2.12. The molecule has 2 rings (SSSR count). The average Bonchev–Trinajstić information content (AvgIpc) is 2.66. The molecule has 27 heavy (non-hydrogen) atoms. The van der Waals surface area contributed by atoms with Gasteiger partial charge in [-0.3, -0.25) is 9.59 Å². The van der Waals surface area contributed by atoms with Crippen molar-refractivity contribution < 1.29 is 23.8 Å². The van der Waals surface area contributed by atoms with E-state index in [-0.39, 0.29) is 11.8 Å². The summed E-state index contributed by atoms with van der Waals surface area (Å²) in [5.41, 5.74) is 2.25. The number of methoxy groups -OCH3 is 3. The topological polar surface area (TPSA) is 85.9 Å². The standard InChI is InChI=1S/C20H24N2O5/c1-13(23)21-15-6-8-16(9-7-15)22-19(24)10-5-14-11-17(25-2)20(27-4)18(12-14)26-3/h6-9,11-12H,5,10H2,1-4H3,(H,21,23)(H,22,24). The summed E-state index contributed by atoms with van der Waals surface area (Å²) >= 11 is 0. The van der Waals surface area contributed by atoms with Gasteiger partial charge in [0.25, 0.3) is 0 Å². The molecule has 0 aromatic heterocycles. The molecule has 0 bridgehead atoms. The van der Waals surface area contributed by atoms with Gasteiger partial charge in [-0.15, -0.1) is 0 Å². The van der Waals surface area contributed by atoms with Gasteiger partial charge < -0.3 is 24.8 Å². The van der Waals surface area contributed by atoms with Gasteiger partial charge in [0.1, 0.15) is 0 Å². The van der Waals surface area contributed by atoms with E-state index in [1.54, 1.807) is 45.6 Å². The molecule has 2 amide bonds. The van der Waals surface area contributed by atoms with Crippen molar-refractivity contribution in [1.82, 2.24) is 0 Å². The number of anilines is 2.